The molecule has 0 heterocycles. The second kappa shape index (κ2) is 11.1. The van der Waals surface area contributed by atoms with Gasteiger partial charge in [-0.1, -0.05) is 0 Å². The Hall–Kier alpha value is -0.640. The molecule has 9 heteroatoms. The van der Waals surface area contributed by atoms with Crippen LogP contribution in [0, 0.1) is 0 Å². The average molecular weight is 384 g/mol. The molecule has 0 aromatic carbocycles. The lowest BCUT2D eigenvalue weighted by Crippen LogP contribution is -2.48. The average Bonchev–Trinajstić information content (AvgIpc) is 2.37. The van der Waals surface area contributed by atoms with E-state index >= 15 is 0 Å². The van der Waals surface area contributed by atoms with Crippen LogP contribution in [0.5, 0.6) is 0 Å². The molecule has 0 aromatic rings. The van der Waals surface area contributed by atoms with Gasteiger partial charge in [-0.2, -0.15) is 20.2 Å². The minimum absolute atomic E-state index is 0.0485. The predicted octanol–water partition coefficient (Wildman–Crippen LogP) is 1.67. The van der Waals surface area contributed by atoms with Gasteiger partial charge in [0, 0.05) is 25.7 Å². The maximum atomic E-state index is 11.8. The number of carbonyl (C=O) groups excluding carboxylic acids is 2. The standard InChI is InChI=1S/C15H29NO6S2/c1-12(17)10-13(22-4)6-5-8-23-9-7-14(18)16-15(2,3)11-24(19,20)21/h13H,5-11H2,1-4H3,(H,16,18)(H,19,20,21). The smallest absolute Gasteiger partial charge is 0.267 e. The highest BCUT2D eigenvalue weighted by Gasteiger charge is 2.26. The normalized spacial score (nSPS) is 13.5. The maximum absolute atomic E-state index is 11.8. The van der Waals surface area contributed by atoms with E-state index in [1.54, 1.807) is 39.6 Å². The third-order valence-electron chi connectivity index (χ3n) is 3.16. The molecule has 0 aliphatic heterocycles. The Morgan fingerprint density at radius 3 is 2.42 bits per heavy atom. The first-order valence-corrected chi connectivity index (χ1v) is 10.6. The SMILES string of the molecule is COC(CCCSCCC(=O)NC(C)(C)CS(=O)(=O)O)CC(C)=O. The van der Waals surface area contributed by atoms with Crippen LogP contribution >= 0.6 is 11.8 Å². The summed E-state index contributed by atoms with van der Waals surface area (Å²) in [4.78, 5) is 22.8. The summed E-state index contributed by atoms with van der Waals surface area (Å²) >= 11 is 1.62. The Kier molecular flexibility index (Phi) is 10.8. The van der Waals surface area contributed by atoms with Gasteiger partial charge in [-0.15, -0.1) is 0 Å². The molecule has 7 nitrogen and oxygen atoms in total. The van der Waals surface area contributed by atoms with Crippen molar-refractivity contribution >= 4 is 33.6 Å². The van der Waals surface area contributed by atoms with Gasteiger partial charge >= 0.3 is 0 Å². The largest absolute Gasteiger partial charge is 0.381 e. The number of methoxy groups -OCH3 is 1. The Balaban J connectivity index is 3.88. The number of ether oxygens (including phenoxy) is 1. The van der Waals surface area contributed by atoms with Gasteiger partial charge in [-0.3, -0.25) is 14.1 Å². The molecule has 0 rings (SSSR count). The van der Waals surface area contributed by atoms with Crippen LogP contribution in [0.15, 0.2) is 0 Å². The zero-order valence-electron chi connectivity index (χ0n) is 14.8. The monoisotopic (exact) mass is 383 g/mol. The van der Waals surface area contributed by atoms with E-state index in [1.807, 2.05) is 0 Å². The minimum Gasteiger partial charge on any atom is -0.381 e. The predicted molar refractivity (Wildman–Crippen MR) is 95.9 cm³/mol. The lowest BCUT2D eigenvalue weighted by atomic mass is 10.1. The Morgan fingerprint density at radius 2 is 1.92 bits per heavy atom. The molecule has 24 heavy (non-hydrogen) atoms. The first-order valence-electron chi connectivity index (χ1n) is 7.81. The summed E-state index contributed by atoms with van der Waals surface area (Å²) in [5.74, 6) is 0.826. The van der Waals surface area contributed by atoms with E-state index in [-0.39, 0.29) is 24.2 Å². The van der Waals surface area contributed by atoms with Crippen LogP contribution in [0.1, 0.15) is 46.5 Å². The topological polar surface area (TPSA) is 110 Å². The van der Waals surface area contributed by atoms with E-state index in [9.17, 15) is 18.0 Å². The molecule has 1 unspecified atom stereocenters. The number of nitrogens with one attached hydrogen (secondary N) is 1. The van der Waals surface area contributed by atoms with E-state index < -0.39 is 21.4 Å². The van der Waals surface area contributed by atoms with E-state index in [0.29, 0.717) is 12.2 Å². The number of carbonyl (C=O) groups is 2. The second-order valence-corrected chi connectivity index (χ2v) is 9.10. The van der Waals surface area contributed by atoms with Crippen molar-refractivity contribution in [3.63, 3.8) is 0 Å². The molecule has 0 aliphatic carbocycles. The number of amides is 1. The van der Waals surface area contributed by atoms with Gasteiger partial charge in [-0.05, 0) is 39.4 Å². The van der Waals surface area contributed by atoms with Crippen molar-refractivity contribution in [2.24, 2.45) is 0 Å². The minimum atomic E-state index is -4.14. The van der Waals surface area contributed by atoms with Gasteiger partial charge in [0.2, 0.25) is 5.91 Å². The molecular formula is C15H29NO6S2. The Morgan fingerprint density at radius 1 is 1.29 bits per heavy atom. The number of hydrogen-bond acceptors (Lipinski definition) is 6. The van der Waals surface area contributed by atoms with Crippen molar-refractivity contribution in [1.82, 2.24) is 5.32 Å². The summed E-state index contributed by atoms with van der Waals surface area (Å²) < 4.78 is 35.8. The molecule has 0 fully saturated rings. The van der Waals surface area contributed by atoms with Crippen molar-refractivity contribution in [3.8, 4) is 0 Å². The molecular weight excluding hydrogens is 354 g/mol. The summed E-state index contributed by atoms with van der Waals surface area (Å²) in [6, 6.07) is 0. The van der Waals surface area contributed by atoms with Crippen LogP contribution in [0.25, 0.3) is 0 Å². The van der Waals surface area contributed by atoms with Crippen LogP contribution in [0.2, 0.25) is 0 Å². The molecule has 1 atom stereocenters. The number of hydrogen-bond donors (Lipinski definition) is 2. The highest BCUT2D eigenvalue weighted by atomic mass is 32.2. The number of ketones is 1. The van der Waals surface area contributed by atoms with Crippen molar-refractivity contribution in [2.45, 2.75) is 58.1 Å². The highest BCUT2D eigenvalue weighted by molar-refractivity contribution is 7.99. The molecule has 1 amide bonds. The molecule has 2 N–H and O–H groups in total. The number of thioether (sulfide) groups is 1. The highest BCUT2D eigenvalue weighted by Crippen LogP contribution is 2.12. The summed E-state index contributed by atoms with van der Waals surface area (Å²) in [5, 5.41) is 2.60. The van der Waals surface area contributed by atoms with Gasteiger partial charge < -0.3 is 10.1 Å². The Labute approximate surface area is 149 Å². The summed E-state index contributed by atoms with van der Waals surface area (Å²) in [6.45, 7) is 4.64. The lowest BCUT2D eigenvalue weighted by molar-refractivity contribution is -0.122. The fourth-order valence-electron chi connectivity index (χ4n) is 2.24. The van der Waals surface area contributed by atoms with Crippen LogP contribution in [-0.4, -0.2) is 60.7 Å². The molecule has 0 radical (unpaired) electrons. The van der Waals surface area contributed by atoms with Gasteiger partial charge in [0.05, 0.1) is 17.4 Å². The lowest BCUT2D eigenvalue weighted by Gasteiger charge is -2.24. The quantitative estimate of drug-likeness (QED) is 0.368. The third kappa shape index (κ3) is 13.8. The van der Waals surface area contributed by atoms with Gasteiger partial charge in [0.1, 0.15) is 5.78 Å². The van der Waals surface area contributed by atoms with Crippen LogP contribution in [0.4, 0.5) is 0 Å². The first-order chi connectivity index (χ1) is 10.9. The van der Waals surface area contributed by atoms with Gasteiger partial charge in [-0.25, -0.2) is 0 Å². The summed E-state index contributed by atoms with van der Waals surface area (Å²) in [7, 11) is -2.54. The van der Waals surface area contributed by atoms with E-state index in [2.05, 4.69) is 5.32 Å². The first kappa shape index (κ1) is 23.4. The van der Waals surface area contributed by atoms with Crippen LogP contribution in [0.3, 0.4) is 0 Å². The molecule has 142 valence electrons. The summed E-state index contributed by atoms with van der Waals surface area (Å²) in [5.41, 5.74) is -1.01. The van der Waals surface area contributed by atoms with Gasteiger partial charge in [0.15, 0.2) is 0 Å². The summed E-state index contributed by atoms with van der Waals surface area (Å²) in [6.07, 6.45) is 2.35. The van der Waals surface area contributed by atoms with Gasteiger partial charge in [0.25, 0.3) is 10.1 Å². The van der Waals surface area contributed by atoms with E-state index in [1.165, 1.54) is 0 Å². The van der Waals surface area contributed by atoms with Crippen LogP contribution < -0.4 is 5.32 Å². The second-order valence-electron chi connectivity index (χ2n) is 6.43. The number of rotatable bonds is 13. The fourth-order valence-corrected chi connectivity index (χ4v) is 4.12. The molecule has 0 spiro atoms. The zero-order valence-corrected chi connectivity index (χ0v) is 16.5. The molecule has 0 saturated carbocycles. The maximum Gasteiger partial charge on any atom is 0.267 e. The molecule has 0 bridgehead atoms. The zero-order chi connectivity index (χ0) is 18.8. The fraction of sp³-hybridized carbons (Fsp3) is 0.867. The third-order valence-corrected chi connectivity index (χ3v) is 5.31. The van der Waals surface area contributed by atoms with Crippen molar-refractivity contribution < 1.29 is 27.3 Å². The van der Waals surface area contributed by atoms with E-state index in [4.69, 9.17) is 9.29 Å². The molecule has 0 aromatic heterocycles. The van der Waals surface area contributed by atoms with E-state index in [0.717, 1.165) is 18.6 Å². The van der Waals surface area contributed by atoms with Crippen molar-refractivity contribution in [3.05, 3.63) is 0 Å². The van der Waals surface area contributed by atoms with Crippen LogP contribution in [-0.2, 0) is 24.4 Å². The Bertz CT molecular complexity index is 504. The number of Topliss-reactive ketones (excluding diaryl/α,β-unsaturated/α-hetero) is 1. The molecule has 0 aliphatic rings. The molecule has 0 saturated heterocycles. The van der Waals surface area contributed by atoms with Crippen molar-refractivity contribution in [1.29, 1.82) is 0 Å². The van der Waals surface area contributed by atoms with Crippen molar-refractivity contribution in [2.75, 3.05) is 24.4 Å².